The van der Waals surface area contributed by atoms with Crippen LogP contribution < -0.4 is 24.6 Å². The molecule has 2 aliphatic heterocycles. The van der Waals surface area contributed by atoms with Gasteiger partial charge in [-0.3, -0.25) is 19.8 Å². The molecule has 0 saturated carbocycles. The first-order chi connectivity index (χ1) is 16.6. The van der Waals surface area contributed by atoms with E-state index in [9.17, 15) is 22.8 Å². The molecule has 0 unspecified atom stereocenters. The molecule has 2 fully saturated rings. The quantitative estimate of drug-likeness (QED) is 0.374. The molecule has 0 aromatic heterocycles. The van der Waals surface area contributed by atoms with E-state index in [0.29, 0.717) is 17.1 Å². The monoisotopic (exact) mass is 505 g/mol. The molecule has 0 spiro atoms. The van der Waals surface area contributed by atoms with E-state index in [2.05, 4.69) is 10.2 Å². The first kappa shape index (κ1) is 24.5. The van der Waals surface area contributed by atoms with E-state index in [1.54, 1.807) is 12.1 Å². The number of alkyl halides is 3. The first-order valence-electron chi connectivity index (χ1n) is 10.7. The lowest BCUT2D eigenvalue weighted by molar-refractivity contribution is -0.137. The largest absolute Gasteiger partial charge is 0.496 e. The van der Waals surface area contributed by atoms with Gasteiger partial charge in [-0.1, -0.05) is 6.07 Å². The van der Waals surface area contributed by atoms with Crippen LogP contribution in [-0.4, -0.2) is 44.2 Å². The normalized spacial score (nSPS) is 17.7. The second-order valence-corrected chi connectivity index (χ2v) is 8.35. The van der Waals surface area contributed by atoms with Gasteiger partial charge >= 0.3 is 6.18 Å². The molecule has 1 N–H and O–H groups in total. The van der Waals surface area contributed by atoms with Crippen molar-refractivity contribution < 1.29 is 32.2 Å². The third kappa shape index (κ3) is 4.81. The maximum absolute atomic E-state index is 13.3. The second kappa shape index (κ2) is 9.57. The number of nitrogens with zero attached hydrogens (tertiary/aromatic N) is 2. The lowest BCUT2D eigenvalue weighted by Crippen LogP contribution is -2.54. The minimum absolute atomic E-state index is 0.116. The van der Waals surface area contributed by atoms with Crippen molar-refractivity contribution in [3.8, 4) is 11.5 Å². The molecule has 11 heteroatoms. The van der Waals surface area contributed by atoms with Crippen LogP contribution in [0.15, 0.2) is 42.0 Å². The van der Waals surface area contributed by atoms with E-state index in [4.69, 9.17) is 21.7 Å². The van der Waals surface area contributed by atoms with Gasteiger partial charge in [0.15, 0.2) is 5.11 Å². The summed E-state index contributed by atoms with van der Waals surface area (Å²) in [6.45, 7) is 1.73. The Labute approximate surface area is 205 Å². The van der Waals surface area contributed by atoms with Gasteiger partial charge < -0.3 is 14.4 Å². The minimum Gasteiger partial charge on any atom is -0.496 e. The van der Waals surface area contributed by atoms with Gasteiger partial charge in [-0.15, -0.1) is 0 Å². The van der Waals surface area contributed by atoms with E-state index in [0.717, 1.165) is 48.7 Å². The fourth-order valence-electron chi connectivity index (χ4n) is 4.09. The number of benzene rings is 2. The SMILES string of the molecule is COc1cc(N2CCCC2)c(OC)cc1/C=C1\C(=O)NC(=S)N(c2cccc(C(F)(F)F)c2)C1=O. The number of hydrogen-bond acceptors (Lipinski definition) is 6. The molecule has 2 amide bonds. The van der Waals surface area contributed by atoms with Crippen LogP contribution in [0.1, 0.15) is 24.0 Å². The average Bonchev–Trinajstić information content (AvgIpc) is 3.35. The lowest BCUT2D eigenvalue weighted by Gasteiger charge is -2.29. The van der Waals surface area contributed by atoms with Crippen molar-refractivity contribution in [2.45, 2.75) is 19.0 Å². The van der Waals surface area contributed by atoms with Gasteiger partial charge in [-0.25, -0.2) is 0 Å². The number of hydrogen-bond donors (Lipinski definition) is 1. The number of halogens is 3. The van der Waals surface area contributed by atoms with Gasteiger partial charge in [0.1, 0.15) is 17.1 Å². The Kier molecular flexibility index (Phi) is 6.70. The summed E-state index contributed by atoms with van der Waals surface area (Å²) in [5.74, 6) is -0.691. The van der Waals surface area contributed by atoms with Gasteiger partial charge in [-0.2, -0.15) is 13.2 Å². The van der Waals surface area contributed by atoms with Gasteiger partial charge in [0, 0.05) is 24.7 Å². The zero-order valence-electron chi connectivity index (χ0n) is 18.9. The molecule has 7 nitrogen and oxygen atoms in total. The van der Waals surface area contributed by atoms with Crippen molar-refractivity contribution >= 4 is 46.6 Å². The molecule has 2 aromatic carbocycles. The Morgan fingerprint density at radius 1 is 1.03 bits per heavy atom. The fourth-order valence-corrected chi connectivity index (χ4v) is 4.37. The van der Waals surface area contributed by atoms with Gasteiger partial charge in [-0.05, 0) is 55.4 Å². The molecule has 4 rings (SSSR count). The Bertz CT molecular complexity index is 1220. The topological polar surface area (TPSA) is 71.1 Å². The van der Waals surface area contributed by atoms with E-state index in [-0.39, 0.29) is 16.4 Å². The predicted octanol–water partition coefficient (Wildman–Crippen LogP) is 4.15. The summed E-state index contributed by atoms with van der Waals surface area (Å²) in [6.07, 6.45) is -1.19. The van der Waals surface area contributed by atoms with Crippen molar-refractivity contribution in [2.24, 2.45) is 0 Å². The summed E-state index contributed by atoms with van der Waals surface area (Å²) in [6, 6.07) is 7.59. The Morgan fingerprint density at radius 3 is 2.34 bits per heavy atom. The highest BCUT2D eigenvalue weighted by Crippen LogP contribution is 2.38. The van der Waals surface area contributed by atoms with Crippen LogP contribution in [0.2, 0.25) is 0 Å². The van der Waals surface area contributed by atoms with Crippen LogP contribution >= 0.6 is 12.2 Å². The summed E-state index contributed by atoms with van der Waals surface area (Å²) in [5.41, 5.74) is -0.158. The summed E-state index contributed by atoms with van der Waals surface area (Å²) in [4.78, 5) is 29.0. The molecule has 184 valence electrons. The zero-order chi connectivity index (χ0) is 25.3. The van der Waals surface area contributed by atoms with Crippen LogP contribution in [0.3, 0.4) is 0 Å². The molecule has 2 aliphatic rings. The first-order valence-corrected chi connectivity index (χ1v) is 11.1. The molecule has 0 radical (unpaired) electrons. The highest BCUT2D eigenvalue weighted by atomic mass is 32.1. The molecule has 0 bridgehead atoms. The highest BCUT2D eigenvalue weighted by Gasteiger charge is 2.37. The van der Waals surface area contributed by atoms with Crippen molar-refractivity contribution in [2.75, 3.05) is 37.1 Å². The number of thiocarbonyl (C=S) groups is 1. The Hall–Kier alpha value is -3.60. The predicted molar refractivity (Wildman–Crippen MR) is 129 cm³/mol. The molecule has 2 aromatic rings. The van der Waals surface area contributed by atoms with E-state index >= 15 is 0 Å². The number of carbonyl (C=O) groups excluding carboxylic acids is 2. The number of ether oxygens (including phenoxy) is 2. The van der Waals surface area contributed by atoms with Gasteiger partial charge in [0.2, 0.25) is 0 Å². The Morgan fingerprint density at radius 2 is 1.71 bits per heavy atom. The third-order valence-electron chi connectivity index (χ3n) is 5.81. The second-order valence-electron chi connectivity index (χ2n) is 7.97. The van der Waals surface area contributed by atoms with Gasteiger partial charge in [0.05, 0.1) is 31.2 Å². The maximum Gasteiger partial charge on any atom is 0.416 e. The van der Waals surface area contributed by atoms with E-state index in [1.165, 1.54) is 32.4 Å². The number of amides is 2. The van der Waals surface area contributed by atoms with Crippen LogP contribution in [0, 0.1) is 0 Å². The van der Waals surface area contributed by atoms with Crippen LogP contribution in [-0.2, 0) is 15.8 Å². The molecule has 2 saturated heterocycles. The van der Waals surface area contributed by atoms with Gasteiger partial charge in [0.25, 0.3) is 11.8 Å². The average molecular weight is 506 g/mol. The number of anilines is 2. The van der Waals surface area contributed by atoms with Crippen molar-refractivity contribution in [3.05, 3.63) is 53.1 Å². The van der Waals surface area contributed by atoms with Crippen LogP contribution in [0.5, 0.6) is 11.5 Å². The number of methoxy groups -OCH3 is 2. The third-order valence-corrected chi connectivity index (χ3v) is 6.10. The molecular formula is C24H22F3N3O4S. The number of nitrogens with one attached hydrogen (secondary N) is 1. The summed E-state index contributed by atoms with van der Waals surface area (Å²) < 4.78 is 50.7. The van der Waals surface area contributed by atoms with Crippen LogP contribution in [0.25, 0.3) is 6.08 Å². The zero-order valence-corrected chi connectivity index (χ0v) is 19.8. The smallest absolute Gasteiger partial charge is 0.416 e. The molecule has 2 heterocycles. The Balaban J connectivity index is 1.76. The highest BCUT2D eigenvalue weighted by molar-refractivity contribution is 7.80. The van der Waals surface area contributed by atoms with Crippen molar-refractivity contribution in [1.29, 1.82) is 0 Å². The van der Waals surface area contributed by atoms with Crippen molar-refractivity contribution in [1.82, 2.24) is 5.32 Å². The number of carbonyl (C=O) groups is 2. The van der Waals surface area contributed by atoms with Crippen LogP contribution in [0.4, 0.5) is 24.5 Å². The minimum atomic E-state index is -4.61. The summed E-state index contributed by atoms with van der Waals surface area (Å²) in [5, 5.41) is 2.06. The molecule has 0 aliphatic carbocycles. The van der Waals surface area contributed by atoms with E-state index in [1.807, 2.05) is 0 Å². The molecule has 0 atom stereocenters. The fraction of sp³-hybridized carbons (Fsp3) is 0.292. The molecule has 35 heavy (non-hydrogen) atoms. The van der Waals surface area contributed by atoms with Crippen molar-refractivity contribution in [3.63, 3.8) is 0 Å². The standard InChI is InChI=1S/C24H22F3N3O4S/c1-33-19-13-18(29-8-3-4-9-29)20(34-2)11-14(19)10-17-21(31)28-23(35)30(22(17)32)16-7-5-6-15(12-16)24(25,26)27/h5-7,10-13H,3-4,8-9H2,1-2H3,(H,28,31,35)/b17-10+. The summed E-state index contributed by atoms with van der Waals surface area (Å²) in [7, 11) is 2.98. The van der Waals surface area contributed by atoms with E-state index < -0.39 is 23.6 Å². The maximum atomic E-state index is 13.3. The molecular weight excluding hydrogens is 483 g/mol. The summed E-state index contributed by atoms with van der Waals surface area (Å²) >= 11 is 5.10. The lowest BCUT2D eigenvalue weighted by atomic mass is 10.0. The number of rotatable bonds is 5.